The van der Waals surface area contributed by atoms with Crippen molar-refractivity contribution in [3.05, 3.63) is 65.7 Å². The number of para-hydroxylation sites is 1. The van der Waals surface area contributed by atoms with Crippen LogP contribution >= 0.6 is 0 Å². The summed E-state index contributed by atoms with van der Waals surface area (Å²) in [5, 5.41) is 5.96. The first-order valence-electron chi connectivity index (χ1n) is 7.15. The number of amides is 1. The standard InChI is InChI=1S/C18H18N2O/c1-13-8-10-15(11-9-13)12-17-14(2)19-20(18(17)21)16-6-4-3-5-7-16/h3-11,17H,12H2,1-2H3. The fraction of sp³-hybridized carbons (Fsp3) is 0.222. The van der Waals surface area contributed by atoms with Crippen LogP contribution in [0.5, 0.6) is 0 Å². The van der Waals surface area contributed by atoms with Gasteiger partial charge >= 0.3 is 0 Å². The number of hydrogen-bond donors (Lipinski definition) is 0. The molecule has 3 rings (SSSR count). The number of benzene rings is 2. The van der Waals surface area contributed by atoms with Crippen LogP contribution in [0.15, 0.2) is 59.7 Å². The molecule has 1 atom stereocenters. The van der Waals surface area contributed by atoms with Crippen molar-refractivity contribution in [2.45, 2.75) is 20.3 Å². The van der Waals surface area contributed by atoms with Gasteiger partial charge in [0.2, 0.25) is 0 Å². The van der Waals surface area contributed by atoms with E-state index < -0.39 is 0 Å². The molecule has 1 aliphatic rings. The predicted octanol–water partition coefficient (Wildman–Crippen LogP) is 3.58. The van der Waals surface area contributed by atoms with Gasteiger partial charge in [-0.3, -0.25) is 4.79 Å². The fourth-order valence-electron chi connectivity index (χ4n) is 2.55. The first kappa shape index (κ1) is 13.6. The van der Waals surface area contributed by atoms with E-state index in [4.69, 9.17) is 0 Å². The zero-order chi connectivity index (χ0) is 14.8. The smallest absolute Gasteiger partial charge is 0.256 e. The SMILES string of the molecule is CC1=NN(c2ccccc2)C(=O)C1Cc1ccc(C)cc1. The van der Waals surface area contributed by atoms with Gasteiger partial charge in [0.15, 0.2) is 0 Å². The third-order valence-electron chi connectivity index (χ3n) is 3.83. The molecule has 1 heterocycles. The van der Waals surface area contributed by atoms with E-state index >= 15 is 0 Å². The summed E-state index contributed by atoms with van der Waals surface area (Å²) in [7, 11) is 0. The molecule has 0 N–H and O–H groups in total. The number of carbonyl (C=O) groups is 1. The van der Waals surface area contributed by atoms with Crippen LogP contribution in [0.25, 0.3) is 0 Å². The number of aryl methyl sites for hydroxylation is 1. The van der Waals surface area contributed by atoms with E-state index in [1.807, 2.05) is 37.3 Å². The molecule has 1 aliphatic heterocycles. The minimum atomic E-state index is -0.159. The van der Waals surface area contributed by atoms with Gasteiger partial charge in [-0.2, -0.15) is 5.10 Å². The highest BCUT2D eigenvalue weighted by Gasteiger charge is 2.34. The average molecular weight is 278 g/mol. The van der Waals surface area contributed by atoms with Crippen LogP contribution in [0, 0.1) is 12.8 Å². The van der Waals surface area contributed by atoms with Crippen LogP contribution in [0.2, 0.25) is 0 Å². The molecule has 2 aromatic rings. The van der Waals surface area contributed by atoms with Crippen LogP contribution in [0.3, 0.4) is 0 Å². The molecule has 0 radical (unpaired) electrons. The molecular weight excluding hydrogens is 260 g/mol. The monoisotopic (exact) mass is 278 g/mol. The van der Waals surface area contributed by atoms with E-state index in [1.54, 1.807) is 0 Å². The number of anilines is 1. The Kier molecular flexibility index (Phi) is 3.57. The van der Waals surface area contributed by atoms with Gasteiger partial charge in [0, 0.05) is 5.71 Å². The van der Waals surface area contributed by atoms with Gasteiger partial charge in [-0.25, -0.2) is 5.01 Å². The molecule has 0 saturated carbocycles. The van der Waals surface area contributed by atoms with Crippen LogP contribution in [0.1, 0.15) is 18.1 Å². The Bertz CT molecular complexity index is 674. The summed E-state index contributed by atoms with van der Waals surface area (Å²) in [6, 6.07) is 17.9. The third kappa shape index (κ3) is 2.72. The van der Waals surface area contributed by atoms with E-state index in [0.29, 0.717) is 6.42 Å². The number of rotatable bonds is 3. The van der Waals surface area contributed by atoms with E-state index in [9.17, 15) is 4.79 Å². The van der Waals surface area contributed by atoms with Gasteiger partial charge in [0.25, 0.3) is 5.91 Å². The minimum Gasteiger partial charge on any atom is -0.272 e. The van der Waals surface area contributed by atoms with Gasteiger partial charge in [-0.05, 0) is 38.0 Å². The number of hydrogen-bond acceptors (Lipinski definition) is 2. The second-order valence-corrected chi connectivity index (χ2v) is 5.47. The molecule has 3 nitrogen and oxygen atoms in total. The summed E-state index contributed by atoms with van der Waals surface area (Å²) in [6.07, 6.45) is 0.706. The molecule has 0 aliphatic carbocycles. The van der Waals surface area contributed by atoms with Gasteiger partial charge in [-0.15, -0.1) is 0 Å². The number of hydrazone groups is 1. The Hall–Kier alpha value is -2.42. The molecule has 1 amide bonds. The summed E-state index contributed by atoms with van der Waals surface area (Å²) in [5.41, 5.74) is 4.11. The Morgan fingerprint density at radius 3 is 2.33 bits per heavy atom. The maximum absolute atomic E-state index is 12.6. The highest BCUT2D eigenvalue weighted by Crippen LogP contribution is 2.25. The summed E-state index contributed by atoms with van der Waals surface area (Å²) in [5.74, 6) is -0.104. The fourth-order valence-corrected chi connectivity index (χ4v) is 2.55. The quantitative estimate of drug-likeness (QED) is 0.844. The van der Waals surface area contributed by atoms with Gasteiger partial charge in [-0.1, -0.05) is 48.0 Å². The van der Waals surface area contributed by atoms with Crippen molar-refractivity contribution in [2.75, 3.05) is 5.01 Å². The van der Waals surface area contributed by atoms with Crippen molar-refractivity contribution in [3.8, 4) is 0 Å². The van der Waals surface area contributed by atoms with Crippen LogP contribution in [-0.4, -0.2) is 11.6 Å². The second kappa shape index (κ2) is 5.52. The molecule has 2 aromatic carbocycles. The highest BCUT2D eigenvalue weighted by atomic mass is 16.2. The summed E-state index contributed by atoms with van der Waals surface area (Å²) in [4.78, 5) is 12.6. The lowest BCUT2D eigenvalue weighted by molar-refractivity contribution is -0.119. The van der Waals surface area contributed by atoms with E-state index in [0.717, 1.165) is 11.4 Å². The van der Waals surface area contributed by atoms with Crippen molar-refractivity contribution >= 4 is 17.3 Å². The van der Waals surface area contributed by atoms with Crippen molar-refractivity contribution in [2.24, 2.45) is 11.0 Å². The van der Waals surface area contributed by atoms with Crippen molar-refractivity contribution < 1.29 is 4.79 Å². The maximum Gasteiger partial charge on any atom is 0.256 e. The minimum absolute atomic E-state index is 0.0549. The molecule has 21 heavy (non-hydrogen) atoms. The molecule has 3 heteroatoms. The molecule has 0 fully saturated rings. The van der Waals surface area contributed by atoms with Crippen molar-refractivity contribution in [1.82, 2.24) is 0 Å². The summed E-state index contributed by atoms with van der Waals surface area (Å²) < 4.78 is 0. The Labute approximate surface area is 124 Å². The predicted molar refractivity (Wildman–Crippen MR) is 85.4 cm³/mol. The van der Waals surface area contributed by atoms with E-state index in [1.165, 1.54) is 16.1 Å². The molecule has 1 unspecified atom stereocenters. The highest BCUT2D eigenvalue weighted by molar-refractivity contribution is 6.14. The Morgan fingerprint density at radius 2 is 1.67 bits per heavy atom. The molecule has 0 bridgehead atoms. The average Bonchev–Trinajstić information content (AvgIpc) is 2.78. The summed E-state index contributed by atoms with van der Waals surface area (Å²) >= 11 is 0. The first-order valence-corrected chi connectivity index (χ1v) is 7.15. The van der Waals surface area contributed by atoms with Gasteiger partial charge < -0.3 is 0 Å². The number of nitrogens with zero attached hydrogens (tertiary/aromatic N) is 2. The Balaban J connectivity index is 1.81. The lowest BCUT2D eigenvalue weighted by Crippen LogP contribution is -2.28. The van der Waals surface area contributed by atoms with Gasteiger partial charge in [0.1, 0.15) is 0 Å². The van der Waals surface area contributed by atoms with Crippen LogP contribution in [-0.2, 0) is 11.2 Å². The van der Waals surface area contributed by atoms with Crippen LogP contribution in [0.4, 0.5) is 5.69 Å². The van der Waals surface area contributed by atoms with E-state index in [-0.39, 0.29) is 11.8 Å². The molecule has 0 saturated heterocycles. The number of carbonyl (C=O) groups excluding carboxylic acids is 1. The lowest BCUT2D eigenvalue weighted by atomic mass is 9.95. The molecule has 106 valence electrons. The molecule has 0 aromatic heterocycles. The Morgan fingerprint density at radius 1 is 1.00 bits per heavy atom. The largest absolute Gasteiger partial charge is 0.272 e. The topological polar surface area (TPSA) is 32.7 Å². The zero-order valence-electron chi connectivity index (χ0n) is 12.3. The first-order chi connectivity index (χ1) is 10.1. The van der Waals surface area contributed by atoms with Crippen molar-refractivity contribution in [3.63, 3.8) is 0 Å². The third-order valence-corrected chi connectivity index (χ3v) is 3.83. The second-order valence-electron chi connectivity index (χ2n) is 5.47. The maximum atomic E-state index is 12.6. The summed E-state index contributed by atoms with van der Waals surface area (Å²) in [6.45, 7) is 3.99. The zero-order valence-corrected chi connectivity index (χ0v) is 12.3. The van der Waals surface area contributed by atoms with Gasteiger partial charge in [0.05, 0.1) is 11.6 Å². The van der Waals surface area contributed by atoms with Crippen molar-refractivity contribution in [1.29, 1.82) is 0 Å². The molecule has 0 spiro atoms. The van der Waals surface area contributed by atoms with Crippen LogP contribution < -0.4 is 5.01 Å². The molecular formula is C18H18N2O. The lowest BCUT2D eigenvalue weighted by Gasteiger charge is -2.14. The van der Waals surface area contributed by atoms with E-state index in [2.05, 4.69) is 36.3 Å². The normalized spacial score (nSPS) is 18.0.